The lowest BCUT2D eigenvalue weighted by atomic mass is 10.2. The Bertz CT molecular complexity index is 1510. The standard InChI is InChI=1S/C27H28FN3O4S/c1-4-30(5-2)27(32)35-24-14-13-23-22(15-16-31(23)18-20-10-8-11-21(28)17-20)26(24)29-36(33,34)25-12-7-6-9-19(25)3/h6-17,29H,4-5,18H2,1-3H3. The minimum absolute atomic E-state index is 0.0973. The zero-order valence-corrected chi connectivity index (χ0v) is 21.2. The number of halogens is 1. The highest BCUT2D eigenvalue weighted by Crippen LogP contribution is 2.36. The van der Waals surface area contributed by atoms with E-state index in [-0.39, 0.29) is 22.1 Å². The van der Waals surface area contributed by atoms with Gasteiger partial charge in [-0.15, -0.1) is 0 Å². The summed E-state index contributed by atoms with van der Waals surface area (Å²) in [5, 5.41) is 0.549. The average Bonchev–Trinajstić information content (AvgIpc) is 3.24. The molecule has 3 aromatic carbocycles. The number of carbonyl (C=O) groups is 1. The summed E-state index contributed by atoms with van der Waals surface area (Å²) in [6.45, 7) is 6.66. The van der Waals surface area contributed by atoms with Crippen LogP contribution in [0.4, 0.5) is 14.9 Å². The number of aryl methyl sites for hydroxylation is 1. The molecule has 4 aromatic rings. The van der Waals surface area contributed by atoms with Crippen LogP contribution in [-0.2, 0) is 16.6 Å². The van der Waals surface area contributed by atoms with Gasteiger partial charge in [-0.1, -0.05) is 30.3 Å². The van der Waals surface area contributed by atoms with E-state index < -0.39 is 16.1 Å². The Balaban J connectivity index is 1.80. The molecule has 4 rings (SSSR count). The van der Waals surface area contributed by atoms with E-state index in [2.05, 4.69) is 4.72 Å². The Labute approximate surface area is 210 Å². The van der Waals surface area contributed by atoms with Crippen LogP contribution in [0.2, 0.25) is 0 Å². The van der Waals surface area contributed by atoms with E-state index in [1.54, 1.807) is 55.6 Å². The van der Waals surface area contributed by atoms with E-state index in [1.807, 2.05) is 24.5 Å². The fraction of sp³-hybridized carbons (Fsp3) is 0.222. The summed E-state index contributed by atoms with van der Waals surface area (Å²) in [5.41, 5.74) is 2.20. The smallest absolute Gasteiger partial charge is 0.408 e. The molecule has 1 N–H and O–H groups in total. The molecule has 0 fully saturated rings. The second-order valence-corrected chi connectivity index (χ2v) is 10.0. The van der Waals surface area contributed by atoms with Gasteiger partial charge >= 0.3 is 6.09 Å². The first kappa shape index (κ1) is 25.2. The molecule has 9 heteroatoms. The number of hydrogen-bond donors (Lipinski definition) is 1. The van der Waals surface area contributed by atoms with Crippen molar-refractivity contribution >= 4 is 32.7 Å². The van der Waals surface area contributed by atoms with Crippen molar-refractivity contribution in [2.24, 2.45) is 0 Å². The Morgan fingerprint density at radius 3 is 2.47 bits per heavy atom. The third-order valence-electron chi connectivity index (χ3n) is 6.00. The molecule has 1 amide bonds. The summed E-state index contributed by atoms with van der Waals surface area (Å²) >= 11 is 0. The molecule has 0 saturated carbocycles. The minimum atomic E-state index is -3.99. The van der Waals surface area contributed by atoms with Crippen LogP contribution in [-0.4, -0.2) is 37.1 Å². The summed E-state index contributed by atoms with van der Waals surface area (Å²) in [5.74, 6) is -0.235. The zero-order chi connectivity index (χ0) is 25.9. The number of benzene rings is 3. The van der Waals surface area contributed by atoms with Gasteiger partial charge in [0.05, 0.1) is 10.4 Å². The number of anilines is 1. The zero-order valence-electron chi connectivity index (χ0n) is 20.4. The van der Waals surface area contributed by atoms with Gasteiger partial charge in [0.1, 0.15) is 11.5 Å². The highest BCUT2D eigenvalue weighted by atomic mass is 32.2. The van der Waals surface area contributed by atoms with E-state index >= 15 is 0 Å². The number of sulfonamides is 1. The lowest BCUT2D eigenvalue weighted by Crippen LogP contribution is -2.33. The van der Waals surface area contributed by atoms with Gasteiger partial charge in [-0.3, -0.25) is 4.72 Å². The topological polar surface area (TPSA) is 80.6 Å². The first-order valence-corrected chi connectivity index (χ1v) is 13.1. The van der Waals surface area contributed by atoms with Gasteiger partial charge in [0.25, 0.3) is 10.0 Å². The van der Waals surface area contributed by atoms with Crippen LogP contribution < -0.4 is 9.46 Å². The molecule has 0 aliphatic heterocycles. The van der Waals surface area contributed by atoms with Crippen LogP contribution in [0.1, 0.15) is 25.0 Å². The number of rotatable bonds is 8. The molecular formula is C27H28FN3O4S. The summed E-state index contributed by atoms with van der Waals surface area (Å²) in [6.07, 6.45) is 1.21. The maximum Gasteiger partial charge on any atom is 0.415 e. The lowest BCUT2D eigenvalue weighted by molar-refractivity contribution is 0.157. The van der Waals surface area contributed by atoms with E-state index in [9.17, 15) is 17.6 Å². The summed E-state index contributed by atoms with van der Waals surface area (Å²) < 4.78 is 50.7. The van der Waals surface area contributed by atoms with E-state index in [1.165, 1.54) is 23.1 Å². The number of aromatic nitrogens is 1. The number of amides is 1. The molecule has 0 aliphatic rings. The van der Waals surface area contributed by atoms with Crippen LogP contribution in [0.15, 0.2) is 77.8 Å². The molecule has 7 nitrogen and oxygen atoms in total. The number of nitrogens with zero attached hydrogens (tertiary/aromatic N) is 2. The molecule has 0 aliphatic carbocycles. The fourth-order valence-electron chi connectivity index (χ4n) is 4.10. The minimum Gasteiger partial charge on any atom is -0.408 e. The molecule has 1 heterocycles. The maximum atomic E-state index is 13.7. The van der Waals surface area contributed by atoms with Crippen LogP contribution in [0, 0.1) is 12.7 Å². The van der Waals surface area contributed by atoms with Crippen molar-refractivity contribution < 1.29 is 22.3 Å². The highest BCUT2D eigenvalue weighted by Gasteiger charge is 2.23. The van der Waals surface area contributed by atoms with Gasteiger partial charge in [0.2, 0.25) is 0 Å². The number of hydrogen-bond acceptors (Lipinski definition) is 4. The predicted octanol–water partition coefficient (Wildman–Crippen LogP) is 5.78. The van der Waals surface area contributed by atoms with E-state index in [4.69, 9.17) is 4.74 Å². The molecule has 0 bridgehead atoms. The predicted molar refractivity (Wildman–Crippen MR) is 138 cm³/mol. The SMILES string of the molecule is CCN(CC)C(=O)Oc1ccc2c(ccn2Cc2cccc(F)c2)c1NS(=O)(=O)c1ccccc1C. The number of carbonyl (C=O) groups excluding carboxylic acids is 1. The first-order valence-electron chi connectivity index (χ1n) is 11.6. The summed E-state index contributed by atoms with van der Waals surface area (Å²) in [6, 6.07) is 18.0. The second kappa shape index (κ2) is 10.4. The Kier molecular flexibility index (Phi) is 7.30. The van der Waals surface area contributed by atoms with Crippen molar-refractivity contribution in [3.8, 4) is 5.75 Å². The van der Waals surface area contributed by atoms with E-state index in [0.29, 0.717) is 36.1 Å². The quantitative estimate of drug-likeness (QED) is 0.327. The Morgan fingerprint density at radius 1 is 1.03 bits per heavy atom. The van der Waals surface area contributed by atoms with Gasteiger partial charge in [0, 0.05) is 31.2 Å². The molecular weight excluding hydrogens is 481 g/mol. The van der Waals surface area contributed by atoms with Gasteiger partial charge < -0.3 is 14.2 Å². The monoisotopic (exact) mass is 509 g/mol. The lowest BCUT2D eigenvalue weighted by Gasteiger charge is -2.20. The maximum absolute atomic E-state index is 13.7. The normalized spacial score (nSPS) is 11.4. The molecule has 0 radical (unpaired) electrons. The number of fused-ring (bicyclic) bond motifs is 1. The third kappa shape index (κ3) is 5.21. The van der Waals surface area contributed by atoms with Gasteiger partial charge in [-0.05, 0) is 68.3 Å². The molecule has 1 aromatic heterocycles. The van der Waals surface area contributed by atoms with Gasteiger partial charge in [-0.2, -0.15) is 0 Å². The van der Waals surface area contributed by atoms with Crippen LogP contribution in [0.5, 0.6) is 5.75 Å². The molecule has 0 unspecified atom stereocenters. The van der Waals surface area contributed by atoms with Crippen molar-refractivity contribution in [3.63, 3.8) is 0 Å². The van der Waals surface area contributed by atoms with Crippen molar-refractivity contribution in [3.05, 3.63) is 89.9 Å². The molecule has 0 spiro atoms. The molecule has 0 saturated heterocycles. The van der Waals surface area contributed by atoms with Crippen LogP contribution in [0.3, 0.4) is 0 Å². The van der Waals surface area contributed by atoms with Crippen molar-refractivity contribution in [2.45, 2.75) is 32.2 Å². The largest absolute Gasteiger partial charge is 0.415 e. The molecule has 0 atom stereocenters. The highest BCUT2D eigenvalue weighted by molar-refractivity contribution is 7.92. The summed E-state index contributed by atoms with van der Waals surface area (Å²) in [4.78, 5) is 14.3. The van der Waals surface area contributed by atoms with Gasteiger partial charge in [0.15, 0.2) is 5.75 Å². The van der Waals surface area contributed by atoms with Crippen molar-refractivity contribution in [2.75, 3.05) is 17.8 Å². The van der Waals surface area contributed by atoms with E-state index in [0.717, 1.165) is 5.56 Å². The number of ether oxygens (including phenoxy) is 1. The average molecular weight is 510 g/mol. The molecule has 188 valence electrons. The Morgan fingerprint density at radius 2 is 1.78 bits per heavy atom. The summed E-state index contributed by atoms with van der Waals surface area (Å²) in [7, 11) is -3.99. The fourth-order valence-corrected chi connectivity index (χ4v) is 5.44. The van der Waals surface area contributed by atoms with Crippen LogP contribution in [0.25, 0.3) is 10.9 Å². The third-order valence-corrected chi connectivity index (χ3v) is 7.51. The van der Waals surface area contributed by atoms with Crippen LogP contribution >= 0.6 is 0 Å². The number of nitrogens with one attached hydrogen (secondary N) is 1. The van der Waals surface area contributed by atoms with Crippen molar-refractivity contribution in [1.82, 2.24) is 9.47 Å². The Hall–Kier alpha value is -3.85. The first-order chi connectivity index (χ1) is 17.2. The second-order valence-electron chi connectivity index (χ2n) is 8.36. The van der Waals surface area contributed by atoms with Crippen molar-refractivity contribution in [1.29, 1.82) is 0 Å². The van der Waals surface area contributed by atoms with Gasteiger partial charge in [-0.25, -0.2) is 17.6 Å². The molecule has 36 heavy (non-hydrogen) atoms.